The van der Waals surface area contributed by atoms with Gasteiger partial charge in [-0.05, 0) is 18.1 Å². The Morgan fingerprint density at radius 2 is 2.07 bits per heavy atom. The Hall–Kier alpha value is -1.72. The van der Waals surface area contributed by atoms with E-state index in [9.17, 15) is 21.6 Å². The van der Waals surface area contributed by atoms with Crippen LogP contribution in [0.2, 0.25) is 0 Å². The van der Waals surface area contributed by atoms with Crippen molar-refractivity contribution in [2.24, 2.45) is 5.92 Å². The van der Waals surface area contributed by atoms with Crippen molar-refractivity contribution < 1.29 is 36.2 Å². The van der Waals surface area contributed by atoms with E-state index in [1.807, 2.05) is 18.3 Å². The summed E-state index contributed by atoms with van der Waals surface area (Å²) in [4.78, 5) is 15.2. The largest absolute Gasteiger partial charge is 0.490 e. The SMILES string of the molecule is COCC1CCS(=O)(=O)C12CN(Cc1cccnc1)C2.O=C(O)C(F)(F)F. The van der Waals surface area contributed by atoms with E-state index < -0.39 is 26.7 Å². The summed E-state index contributed by atoms with van der Waals surface area (Å²) in [5, 5.41) is 7.12. The lowest BCUT2D eigenvalue weighted by Gasteiger charge is -2.50. The summed E-state index contributed by atoms with van der Waals surface area (Å²) in [6, 6.07) is 3.93. The number of carbonyl (C=O) groups is 1. The van der Waals surface area contributed by atoms with Crippen LogP contribution in [0.3, 0.4) is 0 Å². The van der Waals surface area contributed by atoms with E-state index in [1.54, 1.807) is 13.3 Å². The van der Waals surface area contributed by atoms with E-state index in [4.69, 9.17) is 14.6 Å². The zero-order valence-electron chi connectivity index (χ0n) is 14.6. The predicted molar refractivity (Wildman–Crippen MR) is 89.7 cm³/mol. The highest BCUT2D eigenvalue weighted by Crippen LogP contribution is 2.45. The minimum absolute atomic E-state index is 0.141. The fourth-order valence-electron chi connectivity index (χ4n) is 3.48. The summed E-state index contributed by atoms with van der Waals surface area (Å²) in [6.45, 7) is 2.56. The van der Waals surface area contributed by atoms with Gasteiger partial charge in [0.15, 0.2) is 9.84 Å². The Labute approximate surface area is 155 Å². The lowest BCUT2D eigenvalue weighted by atomic mass is 9.83. The molecule has 0 saturated carbocycles. The van der Waals surface area contributed by atoms with Crippen LogP contribution in [0.1, 0.15) is 12.0 Å². The standard InChI is InChI=1S/C14H20N2O3S.C2HF3O2/c1-19-9-13-4-6-20(17,18)14(13)10-16(11-14)8-12-3-2-5-15-7-12;3-2(4,5)1(6)7/h2-3,5,7,13H,4,6,8-11H2,1H3;(H,6,7). The van der Waals surface area contributed by atoms with Crippen LogP contribution >= 0.6 is 0 Å². The Morgan fingerprint density at radius 3 is 2.56 bits per heavy atom. The molecule has 0 aromatic carbocycles. The van der Waals surface area contributed by atoms with Gasteiger partial charge >= 0.3 is 12.1 Å². The number of methoxy groups -OCH3 is 1. The van der Waals surface area contributed by atoms with Crippen molar-refractivity contribution >= 4 is 15.8 Å². The number of rotatable bonds is 4. The van der Waals surface area contributed by atoms with Crippen molar-refractivity contribution in [2.75, 3.05) is 32.6 Å². The van der Waals surface area contributed by atoms with Crippen LogP contribution in [-0.4, -0.2) is 72.9 Å². The summed E-state index contributed by atoms with van der Waals surface area (Å²) in [5.74, 6) is -2.31. The molecular formula is C16H21F3N2O5S. The molecule has 0 radical (unpaired) electrons. The van der Waals surface area contributed by atoms with Crippen molar-refractivity contribution in [1.82, 2.24) is 9.88 Å². The third-order valence-electron chi connectivity index (χ3n) is 4.82. The van der Waals surface area contributed by atoms with Crippen LogP contribution in [0, 0.1) is 5.92 Å². The molecule has 2 saturated heterocycles. The maximum atomic E-state index is 12.4. The second-order valence-electron chi connectivity index (χ2n) is 6.63. The number of carboxylic acid groups (broad SMARTS) is 1. The summed E-state index contributed by atoms with van der Waals surface area (Å²) in [7, 11) is -1.34. The summed E-state index contributed by atoms with van der Waals surface area (Å²) >= 11 is 0. The number of sulfone groups is 1. The molecule has 2 aliphatic heterocycles. The highest BCUT2D eigenvalue weighted by Gasteiger charge is 2.61. The van der Waals surface area contributed by atoms with Gasteiger partial charge in [-0.25, -0.2) is 13.2 Å². The number of hydrogen-bond acceptors (Lipinski definition) is 6. The molecule has 27 heavy (non-hydrogen) atoms. The lowest BCUT2D eigenvalue weighted by molar-refractivity contribution is -0.192. The number of carboxylic acids is 1. The second-order valence-corrected chi connectivity index (χ2v) is 9.08. The smallest absolute Gasteiger partial charge is 0.475 e. The van der Waals surface area contributed by atoms with Crippen LogP contribution in [0.4, 0.5) is 13.2 Å². The monoisotopic (exact) mass is 410 g/mol. The molecular weight excluding hydrogens is 389 g/mol. The number of pyridine rings is 1. The van der Waals surface area contributed by atoms with E-state index in [0.717, 1.165) is 18.5 Å². The van der Waals surface area contributed by atoms with Crippen LogP contribution in [0.15, 0.2) is 24.5 Å². The van der Waals surface area contributed by atoms with Crippen molar-refractivity contribution in [3.8, 4) is 0 Å². The molecule has 0 amide bonds. The van der Waals surface area contributed by atoms with Crippen LogP contribution in [0.5, 0.6) is 0 Å². The first-order valence-electron chi connectivity index (χ1n) is 8.14. The van der Waals surface area contributed by atoms with E-state index >= 15 is 0 Å². The fraction of sp³-hybridized carbons (Fsp3) is 0.625. The number of likely N-dealkylation sites (tertiary alicyclic amines) is 1. The van der Waals surface area contributed by atoms with Crippen molar-refractivity contribution in [3.05, 3.63) is 30.1 Å². The number of hydrogen-bond donors (Lipinski definition) is 1. The lowest BCUT2D eigenvalue weighted by Crippen LogP contribution is -2.67. The van der Waals surface area contributed by atoms with Gasteiger partial charge in [0.25, 0.3) is 0 Å². The molecule has 0 bridgehead atoms. The molecule has 1 spiro atoms. The first-order valence-corrected chi connectivity index (χ1v) is 9.79. The van der Waals surface area contributed by atoms with Gasteiger partial charge in [0, 0.05) is 45.1 Å². The fourth-order valence-corrected chi connectivity index (χ4v) is 5.93. The molecule has 3 rings (SSSR count). The van der Waals surface area contributed by atoms with Gasteiger partial charge in [-0.1, -0.05) is 6.07 Å². The van der Waals surface area contributed by atoms with Crippen LogP contribution < -0.4 is 0 Å². The number of nitrogens with zero attached hydrogens (tertiary/aromatic N) is 2. The molecule has 2 aliphatic rings. The van der Waals surface area contributed by atoms with Gasteiger partial charge in [0.1, 0.15) is 4.75 Å². The van der Waals surface area contributed by atoms with Crippen LogP contribution in [-0.2, 0) is 25.9 Å². The maximum absolute atomic E-state index is 12.4. The number of alkyl halides is 3. The topological polar surface area (TPSA) is 96.8 Å². The van der Waals surface area contributed by atoms with Crippen molar-refractivity contribution in [1.29, 1.82) is 0 Å². The molecule has 152 valence electrons. The van der Waals surface area contributed by atoms with Gasteiger partial charge < -0.3 is 9.84 Å². The molecule has 11 heteroatoms. The van der Waals surface area contributed by atoms with Gasteiger partial charge in [0.05, 0.1) is 12.4 Å². The van der Waals surface area contributed by atoms with Gasteiger partial charge in [-0.15, -0.1) is 0 Å². The first kappa shape index (κ1) is 21.6. The quantitative estimate of drug-likeness (QED) is 0.800. The van der Waals surface area contributed by atoms with Gasteiger partial charge in [0.2, 0.25) is 0 Å². The molecule has 2 fully saturated rings. The summed E-state index contributed by atoms with van der Waals surface area (Å²) in [6.07, 6.45) is -0.769. The van der Waals surface area contributed by atoms with Crippen molar-refractivity contribution in [2.45, 2.75) is 23.9 Å². The number of aromatic nitrogens is 1. The molecule has 1 aromatic rings. The normalized spacial score (nSPS) is 23.3. The molecule has 1 N–H and O–H groups in total. The maximum Gasteiger partial charge on any atom is 0.490 e. The Balaban J connectivity index is 0.000000321. The first-order chi connectivity index (χ1) is 12.5. The Kier molecular flexibility index (Phi) is 6.48. The molecule has 0 aliphatic carbocycles. The van der Waals surface area contributed by atoms with E-state index in [-0.39, 0.29) is 5.92 Å². The minimum atomic E-state index is -5.08. The molecule has 1 atom stereocenters. The average molecular weight is 410 g/mol. The number of ether oxygens (including phenoxy) is 1. The zero-order valence-corrected chi connectivity index (χ0v) is 15.5. The third kappa shape index (κ3) is 4.77. The Bertz CT molecular complexity index is 749. The molecule has 1 aromatic heterocycles. The van der Waals surface area contributed by atoms with E-state index in [0.29, 0.717) is 25.4 Å². The summed E-state index contributed by atoms with van der Waals surface area (Å²) < 4.78 is 61.1. The highest BCUT2D eigenvalue weighted by atomic mass is 32.2. The van der Waals surface area contributed by atoms with Crippen LogP contribution in [0.25, 0.3) is 0 Å². The number of aliphatic carboxylic acids is 1. The zero-order chi connectivity index (χ0) is 20.3. The number of halogens is 3. The van der Waals surface area contributed by atoms with Gasteiger partial charge in [-0.3, -0.25) is 9.88 Å². The van der Waals surface area contributed by atoms with E-state index in [1.165, 1.54) is 0 Å². The van der Waals surface area contributed by atoms with E-state index in [2.05, 4.69) is 9.88 Å². The third-order valence-corrected chi connectivity index (χ3v) is 7.42. The average Bonchev–Trinajstić information content (AvgIpc) is 2.80. The molecule has 3 heterocycles. The molecule has 7 nitrogen and oxygen atoms in total. The Morgan fingerprint density at radius 1 is 1.44 bits per heavy atom. The van der Waals surface area contributed by atoms with Crippen molar-refractivity contribution in [3.63, 3.8) is 0 Å². The minimum Gasteiger partial charge on any atom is -0.475 e. The predicted octanol–water partition coefficient (Wildman–Crippen LogP) is 1.35. The highest BCUT2D eigenvalue weighted by molar-refractivity contribution is 7.93. The second kappa shape index (κ2) is 8.11. The summed E-state index contributed by atoms with van der Waals surface area (Å²) in [5.41, 5.74) is 1.13. The van der Waals surface area contributed by atoms with Gasteiger partial charge in [-0.2, -0.15) is 13.2 Å². The molecule has 1 unspecified atom stereocenters.